The van der Waals surface area contributed by atoms with Crippen molar-refractivity contribution < 1.29 is 9.53 Å². The molecule has 0 aliphatic heterocycles. The van der Waals surface area contributed by atoms with E-state index in [9.17, 15) is 4.79 Å². The first kappa shape index (κ1) is 15.2. The summed E-state index contributed by atoms with van der Waals surface area (Å²) >= 11 is 5.79. The van der Waals surface area contributed by atoms with Crippen LogP contribution in [0.15, 0.2) is 59.7 Å². The molecule has 108 valence electrons. The van der Waals surface area contributed by atoms with Gasteiger partial charge >= 0.3 is 0 Å². The van der Waals surface area contributed by atoms with Gasteiger partial charge in [-0.1, -0.05) is 54.1 Å². The maximum absolute atomic E-state index is 12.0. The topological polar surface area (TPSA) is 50.7 Å². The van der Waals surface area contributed by atoms with Crippen LogP contribution in [0.5, 0.6) is 0 Å². The first-order valence-electron chi connectivity index (χ1n) is 6.37. The average Bonchev–Trinajstić information content (AvgIpc) is 2.51. The van der Waals surface area contributed by atoms with Gasteiger partial charge in [0.2, 0.25) is 0 Å². The van der Waals surface area contributed by atoms with Crippen LogP contribution in [-0.2, 0) is 9.53 Å². The molecule has 0 aliphatic rings. The first-order valence-corrected chi connectivity index (χ1v) is 6.74. The molecule has 2 aromatic rings. The van der Waals surface area contributed by atoms with Crippen LogP contribution in [0.25, 0.3) is 0 Å². The number of ether oxygens (including phenoxy) is 1. The van der Waals surface area contributed by atoms with Gasteiger partial charge in [0, 0.05) is 12.1 Å². The van der Waals surface area contributed by atoms with Gasteiger partial charge in [0.05, 0.1) is 6.21 Å². The number of hydrazone groups is 1. The van der Waals surface area contributed by atoms with Crippen LogP contribution in [0.2, 0.25) is 5.02 Å². The first-order chi connectivity index (χ1) is 10.2. The highest BCUT2D eigenvalue weighted by molar-refractivity contribution is 6.30. The molecule has 1 N–H and O–H groups in total. The lowest BCUT2D eigenvalue weighted by molar-refractivity contribution is -0.131. The summed E-state index contributed by atoms with van der Waals surface area (Å²) in [4.78, 5) is 12.0. The number of benzene rings is 2. The van der Waals surface area contributed by atoms with Crippen molar-refractivity contribution >= 4 is 23.7 Å². The van der Waals surface area contributed by atoms with E-state index in [-0.39, 0.29) is 5.91 Å². The van der Waals surface area contributed by atoms with E-state index >= 15 is 0 Å². The number of methoxy groups -OCH3 is 1. The van der Waals surface area contributed by atoms with Crippen molar-refractivity contribution in [2.45, 2.75) is 6.10 Å². The summed E-state index contributed by atoms with van der Waals surface area (Å²) in [6.45, 7) is 0. The largest absolute Gasteiger partial charge is 0.367 e. The summed E-state index contributed by atoms with van der Waals surface area (Å²) in [5, 5.41) is 4.57. The fourth-order valence-corrected chi connectivity index (χ4v) is 1.93. The molecule has 0 saturated carbocycles. The standard InChI is InChI=1S/C16H15ClN2O2/c1-21-15(13-5-3-2-4-6-13)16(20)19-18-11-12-7-9-14(17)10-8-12/h2-11,15H,1H3,(H,19,20)/b18-11-/t15-/m1/s1. The molecule has 0 bridgehead atoms. The number of nitrogens with zero attached hydrogens (tertiary/aromatic N) is 1. The molecule has 0 aromatic heterocycles. The van der Waals surface area contributed by atoms with Crippen molar-refractivity contribution in [1.82, 2.24) is 5.43 Å². The predicted molar refractivity (Wildman–Crippen MR) is 83.4 cm³/mol. The third-order valence-electron chi connectivity index (χ3n) is 2.83. The van der Waals surface area contributed by atoms with E-state index in [1.807, 2.05) is 42.5 Å². The zero-order valence-electron chi connectivity index (χ0n) is 11.5. The molecule has 5 heteroatoms. The van der Waals surface area contributed by atoms with Gasteiger partial charge in [-0.3, -0.25) is 4.79 Å². The van der Waals surface area contributed by atoms with Crippen LogP contribution >= 0.6 is 11.6 Å². The number of hydrogen-bond acceptors (Lipinski definition) is 3. The molecule has 0 unspecified atom stereocenters. The minimum Gasteiger partial charge on any atom is -0.367 e. The third kappa shape index (κ3) is 4.41. The zero-order chi connectivity index (χ0) is 15.1. The van der Waals surface area contributed by atoms with E-state index < -0.39 is 6.10 Å². The molecule has 1 atom stereocenters. The maximum atomic E-state index is 12.0. The lowest BCUT2D eigenvalue weighted by Crippen LogP contribution is -2.26. The van der Waals surface area contributed by atoms with Gasteiger partial charge in [-0.05, 0) is 23.3 Å². The molecule has 0 saturated heterocycles. The van der Waals surface area contributed by atoms with E-state index in [4.69, 9.17) is 16.3 Å². The van der Waals surface area contributed by atoms with Gasteiger partial charge < -0.3 is 4.74 Å². The highest BCUT2D eigenvalue weighted by Gasteiger charge is 2.18. The molecular formula is C16H15ClN2O2. The van der Waals surface area contributed by atoms with Crippen LogP contribution in [0.4, 0.5) is 0 Å². The number of carbonyl (C=O) groups is 1. The van der Waals surface area contributed by atoms with Crippen LogP contribution in [0.1, 0.15) is 17.2 Å². The summed E-state index contributed by atoms with van der Waals surface area (Å²) < 4.78 is 5.21. The Balaban J connectivity index is 1.98. The van der Waals surface area contributed by atoms with E-state index in [1.165, 1.54) is 7.11 Å². The van der Waals surface area contributed by atoms with Gasteiger partial charge in [0.25, 0.3) is 5.91 Å². The summed E-state index contributed by atoms with van der Waals surface area (Å²) in [7, 11) is 1.49. The molecule has 0 spiro atoms. The van der Waals surface area contributed by atoms with Crippen molar-refractivity contribution in [3.63, 3.8) is 0 Å². The molecule has 2 rings (SSSR count). The van der Waals surface area contributed by atoms with Crippen molar-refractivity contribution in [2.75, 3.05) is 7.11 Å². The molecule has 2 aromatic carbocycles. The Kier molecular flexibility index (Phi) is 5.49. The Labute approximate surface area is 128 Å². The summed E-state index contributed by atoms with van der Waals surface area (Å²) in [6, 6.07) is 16.4. The number of nitrogens with one attached hydrogen (secondary N) is 1. The molecular weight excluding hydrogens is 288 g/mol. The number of carbonyl (C=O) groups excluding carboxylic acids is 1. The summed E-state index contributed by atoms with van der Waals surface area (Å²) in [5.74, 6) is -0.325. The molecule has 0 heterocycles. The van der Waals surface area contributed by atoms with Crippen LogP contribution in [0.3, 0.4) is 0 Å². The van der Waals surface area contributed by atoms with Crippen LogP contribution in [0, 0.1) is 0 Å². The van der Waals surface area contributed by atoms with Crippen LogP contribution < -0.4 is 5.43 Å². The molecule has 0 fully saturated rings. The zero-order valence-corrected chi connectivity index (χ0v) is 12.2. The molecule has 0 radical (unpaired) electrons. The van der Waals surface area contributed by atoms with Gasteiger partial charge in [0.15, 0.2) is 6.10 Å². The predicted octanol–water partition coefficient (Wildman–Crippen LogP) is 3.18. The lowest BCUT2D eigenvalue weighted by Gasteiger charge is -2.13. The highest BCUT2D eigenvalue weighted by Crippen LogP contribution is 2.16. The van der Waals surface area contributed by atoms with Crippen molar-refractivity contribution in [3.05, 3.63) is 70.7 Å². The number of amides is 1. The summed E-state index contributed by atoms with van der Waals surface area (Å²) in [5.41, 5.74) is 4.09. The third-order valence-corrected chi connectivity index (χ3v) is 3.09. The fourth-order valence-electron chi connectivity index (χ4n) is 1.80. The molecule has 0 aliphatic carbocycles. The van der Waals surface area contributed by atoms with Gasteiger partial charge in [-0.25, -0.2) is 5.43 Å². The maximum Gasteiger partial charge on any atom is 0.273 e. The average molecular weight is 303 g/mol. The Bertz CT molecular complexity index is 612. The second-order valence-corrected chi connectivity index (χ2v) is 4.75. The lowest BCUT2D eigenvalue weighted by atomic mass is 10.1. The van der Waals surface area contributed by atoms with E-state index in [0.717, 1.165) is 11.1 Å². The Morgan fingerprint density at radius 3 is 2.48 bits per heavy atom. The fraction of sp³-hybridized carbons (Fsp3) is 0.125. The van der Waals surface area contributed by atoms with E-state index in [1.54, 1.807) is 18.3 Å². The molecule has 1 amide bonds. The second kappa shape index (κ2) is 7.57. The quantitative estimate of drug-likeness (QED) is 0.681. The number of halogens is 1. The van der Waals surface area contributed by atoms with Crippen molar-refractivity contribution in [1.29, 1.82) is 0 Å². The van der Waals surface area contributed by atoms with Gasteiger partial charge in [-0.15, -0.1) is 0 Å². The Morgan fingerprint density at radius 1 is 1.19 bits per heavy atom. The van der Waals surface area contributed by atoms with Crippen LogP contribution in [-0.4, -0.2) is 19.2 Å². The van der Waals surface area contributed by atoms with Gasteiger partial charge in [-0.2, -0.15) is 5.10 Å². The van der Waals surface area contributed by atoms with E-state index in [0.29, 0.717) is 5.02 Å². The Morgan fingerprint density at radius 2 is 1.86 bits per heavy atom. The van der Waals surface area contributed by atoms with Gasteiger partial charge in [0.1, 0.15) is 0 Å². The normalized spacial score (nSPS) is 12.3. The summed E-state index contributed by atoms with van der Waals surface area (Å²) in [6.07, 6.45) is 0.861. The number of hydrogen-bond donors (Lipinski definition) is 1. The molecule has 21 heavy (non-hydrogen) atoms. The molecule has 4 nitrogen and oxygen atoms in total. The van der Waals surface area contributed by atoms with Crippen molar-refractivity contribution in [3.8, 4) is 0 Å². The SMILES string of the molecule is CO[C@@H](C(=O)N/N=C\c1ccc(Cl)cc1)c1ccccc1. The Hall–Kier alpha value is -2.17. The highest BCUT2D eigenvalue weighted by atomic mass is 35.5. The van der Waals surface area contributed by atoms with E-state index in [2.05, 4.69) is 10.5 Å². The smallest absolute Gasteiger partial charge is 0.273 e. The number of rotatable bonds is 5. The van der Waals surface area contributed by atoms with Crippen molar-refractivity contribution in [2.24, 2.45) is 5.10 Å². The minimum atomic E-state index is -0.687. The minimum absolute atomic E-state index is 0.325. The second-order valence-electron chi connectivity index (χ2n) is 4.31. The monoisotopic (exact) mass is 302 g/mol.